The molecule has 6 nitrogen and oxygen atoms in total. The molecule has 156 valence electrons. The van der Waals surface area contributed by atoms with Crippen molar-refractivity contribution in [2.24, 2.45) is 0 Å². The van der Waals surface area contributed by atoms with Gasteiger partial charge in [-0.25, -0.2) is 0 Å². The van der Waals surface area contributed by atoms with E-state index in [0.29, 0.717) is 6.54 Å². The Kier molecular flexibility index (Phi) is 9.18. The molecule has 0 aliphatic rings. The highest BCUT2D eigenvalue weighted by molar-refractivity contribution is 5.85. The molecular weight excluding hydrogens is 366 g/mol. The number of ether oxygens (including phenoxy) is 1. The number of nitrogens with zero attached hydrogens (tertiary/aromatic N) is 1. The van der Waals surface area contributed by atoms with Crippen molar-refractivity contribution >= 4 is 11.8 Å². The number of hydrogen-bond acceptors (Lipinski definition) is 4. The van der Waals surface area contributed by atoms with E-state index in [1.807, 2.05) is 54.6 Å². The van der Waals surface area contributed by atoms with Crippen molar-refractivity contribution in [3.63, 3.8) is 0 Å². The van der Waals surface area contributed by atoms with Crippen molar-refractivity contribution in [3.05, 3.63) is 65.7 Å². The number of hydrogen-bond donors (Lipinski definition) is 2. The summed E-state index contributed by atoms with van der Waals surface area (Å²) in [6, 6.07) is 17.4. The molecule has 1 atom stereocenters. The fourth-order valence-electron chi connectivity index (χ4n) is 3.27. The Bertz CT molecular complexity index is 776. The van der Waals surface area contributed by atoms with Crippen LogP contribution in [0.1, 0.15) is 31.0 Å². The zero-order chi connectivity index (χ0) is 21.1. The average Bonchev–Trinajstić information content (AvgIpc) is 2.76. The third-order valence-corrected chi connectivity index (χ3v) is 4.88. The zero-order valence-corrected chi connectivity index (χ0v) is 17.5. The molecule has 2 rings (SSSR count). The molecule has 0 aliphatic carbocycles. The van der Waals surface area contributed by atoms with Crippen LogP contribution in [0.5, 0.6) is 5.75 Å². The van der Waals surface area contributed by atoms with Crippen LogP contribution in [0, 0.1) is 0 Å². The minimum Gasteiger partial charge on any atom is -0.497 e. The molecule has 0 saturated carbocycles. The number of methoxy groups -OCH3 is 1. The molecule has 0 fully saturated rings. The predicted molar refractivity (Wildman–Crippen MR) is 115 cm³/mol. The standard InChI is InChI=1S/C23H31N3O3/c1-4-26(5-2)21(19-12-9-13-20(15-19)29-3)16-24-23(28)17-25-22(27)14-18-10-7-6-8-11-18/h6-13,15,21H,4-5,14,16-17H2,1-3H3,(H,24,28)(H,25,27). The quantitative estimate of drug-likeness (QED) is 0.611. The van der Waals surface area contributed by atoms with Gasteiger partial charge in [0.1, 0.15) is 5.75 Å². The van der Waals surface area contributed by atoms with Gasteiger partial charge in [-0.3, -0.25) is 14.5 Å². The molecule has 0 aliphatic heterocycles. The summed E-state index contributed by atoms with van der Waals surface area (Å²) in [5.74, 6) is 0.421. The molecule has 1 unspecified atom stereocenters. The van der Waals surface area contributed by atoms with Crippen LogP contribution >= 0.6 is 0 Å². The second kappa shape index (κ2) is 11.9. The Morgan fingerprint density at radius 3 is 2.34 bits per heavy atom. The molecule has 0 bridgehead atoms. The largest absolute Gasteiger partial charge is 0.497 e. The lowest BCUT2D eigenvalue weighted by molar-refractivity contribution is -0.125. The predicted octanol–water partition coefficient (Wildman–Crippen LogP) is 2.55. The number of carbonyl (C=O) groups excluding carboxylic acids is 2. The molecule has 0 radical (unpaired) electrons. The molecular formula is C23H31N3O3. The first kappa shape index (κ1) is 22.4. The van der Waals surface area contributed by atoms with Crippen LogP contribution in [-0.4, -0.2) is 50.0 Å². The Hall–Kier alpha value is -2.86. The van der Waals surface area contributed by atoms with Gasteiger partial charge >= 0.3 is 0 Å². The van der Waals surface area contributed by atoms with E-state index in [-0.39, 0.29) is 30.8 Å². The van der Waals surface area contributed by atoms with Gasteiger partial charge in [-0.05, 0) is 36.3 Å². The van der Waals surface area contributed by atoms with Crippen LogP contribution in [0.4, 0.5) is 0 Å². The molecule has 29 heavy (non-hydrogen) atoms. The topological polar surface area (TPSA) is 70.7 Å². The number of likely N-dealkylation sites (N-methyl/N-ethyl adjacent to an activating group) is 1. The van der Waals surface area contributed by atoms with Crippen molar-refractivity contribution in [2.75, 3.05) is 33.3 Å². The summed E-state index contributed by atoms with van der Waals surface area (Å²) < 4.78 is 5.34. The monoisotopic (exact) mass is 397 g/mol. The van der Waals surface area contributed by atoms with Crippen molar-refractivity contribution in [3.8, 4) is 5.75 Å². The van der Waals surface area contributed by atoms with Gasteiger partial charge in [-0.15, -0.1) is 0 Å². The van der Waals surface area contributed by atoms with E-state index in [2.05, 4.69) is 29.4 Å². The van der Waals surface area contributed by atoms with Gasteiger partial charge in [-0.2, -0.15) is 0 Å². The maximum Gasteiger partial charge on any atom is 0.239 e. The number of amides is 2. The van der Waals surface area contributed by atoms with Gasteiger partial charge in [0.2, 0.25) is 11.8 Å². The fraction of sp³-hybridized carbons (Fsp3) is 0.391. The Morgan fingerprint density at radius 1 is 0.966 bits per heavy atom. The first-order valence-corrected chi connectivity index (χ1v) is 10.0. The molecule has 0 heterocycles. The van der Waals surface area contributed by atoms with Crippen LogP contribution in [-0.2, 0) is 16.0 Å². The van der Waals surface area contributed by atoms with Crippen LogP contribution in [0.15, 0.2) is 54.6 Å². The fourth-order valence-corrected chi connectivity index (χ4v) is 3.27. The van der Waals surface area contributed by atoms with E-state index in [0.717, 1.165) is 30.0 Å². The summed E-state index contributed by atoms with van der Waals surface area (Å²) in [5, 5.41) is 5.64. The van der Waals surface area contributed by atoms with E-state index < -0.39 is 0 Å². The van der Waals surface area contributed by atoms with Gasteiger partial charge in [-0.1, -0.05) is 56.3 Å². The van der Waals surface area contributed by atoms with Crippen molar-refractivity contribution in [1.82, 2.24) is 15.5 Å². The summed E-state index contributed by atoms with van der Waals surface area (Å²) in [6.07, 6.45) is 0.264. The molecule has 0 spiro atoms. The minimum atomic E-state index is -0.202. The van der Waals surface area contributed by atoms with Crippen LogP contribution in [0.25, 0.3) is 0 Å². The smallest absolute Gasteiger partial charge is 0.239 e. The highest BCUT2D eigenvalue weighted by Crippen LogP contribution is 2.23. The van der Waals surface area contributed by atoms with E-state index in [4.69, 9.17) is 4.74 Å². The van der Waals surface area contributed by atoms with Crippen LogP contribution in [0.2, 0.25) is 0 Å². The highest BCUT2D eigenvalue weighted by Gasteiger charge is 2.19. The maximum absolute atomic E-state index is 12.3. The zero-order valence-electron chi connectivity index (χ0n) is 17.5. The average molecular weight is 398 g/mol. The molecule has 0 aromatic heterocycles. The summed E-state index contributed by atoms with van der Waals surface area (Å²) in [7, 11) is 1.64. The van der Waals surface area contributed by atoms with Gasteiger partial charge in [0.25, 0.3) is 0 Å². The number of nitrogens with one attached hydrogen (secondary N) is 2. The summed E-state index contributed by atoms with van der Waals surface area (Å²) in [5.41, 5.74) is 2.01. The summed E-state index contributed by atoms with van der Waals surface area (Å²) >= 11 is 0. The minimum absolute atomic E-state index is 0.0315. The van der Waals surface area contributed by atoms with E-state index in [1.165, 1.54) is 0 Å². The highest BCUT2D eigenvalue weighted by atomic mass is 16.5. The molecule has 2 aromatic carbocycles. The van der Waals surface area contributed by atoms with E-state index in [1.54, 1.807) is 7.11 Å². The van der Waals surface area contributed by atoms with Gasteiger partial charge < -0.3 is 15.4 Å². The van der Waals surface area contributed by atoms with Gasteiger partial charge in [0, 0.05) is 6.54 Å². The van der Waals surface area contributed by atoms with Crippen LogP contribution < -0.4 is 15.4 Å². The SMILES string of the molecule is CCN(CC)C(CNC(=O)CNC(=O)Cc1ccccc1)c1cccc(OC)c1. The van der Waals surface area contributed by atoms with Crippen molar-refractivity contribution in [2.45, 2.75) is 26.3 Å². The summed E-state index contributed by atoms with van der Waals surface area (Å²) in [4.78, 5) is 26.6. The number of benzene rings is 2. The maximum atomic E-state index is 12.3. The van der Waals surface area contributed by atoms with Crippen LogP contribution in [0.3, 0.4) is 0 Å². The first-order chi connectivity index (χ1) is 14.1. The third-order valence-electron chi connectivity index (χ3n) is 4.88. The lowest BCUT2D eigenvalue weighted by Crippen LogP contribution is -2.42. The molecule has 2 amide bonds. The van der Waals surface area contributed by atoms with E-state index >= 15 is 0 Å². The lowest BCUT2D eigenvalue weighted by Gasteiger charge is -2.30. The molecule has 0 saturated heterocycles. The normalized spacial score (nSPS) is 11.7. The first-order valence-electron chi connectivity index (χ1n) is 10.0. The Labute approximate surface area is 173 Å². The van der Waals surface area contributed by atoms with Gasteiger partial charge in [0.05, 0.1) is 26.1 Å². The number of rotatable bonds is 11. The molecule has 2 N–H and O–H groups in total. The third kappa shape index (κ3) is 7.23. The number of carbonyl (C=O) groups is 2. The van der Waals surface area contributed by atoms with Crippen molar-refractivity contribution in [1.29, 1.82) is 0 Å². The molecule has 6 heteroatoms. The second-order valence-corrected chi connectivity index (χ2v) is 6.76. The van der Waals surface area contributed by atoms with Crippen molar-refractivity contribution < 1.29 is 14.3 Å². The molecule has 2 aromatic rings. The second-order valence-electron chi connectivity index (χ2n) is 6.76. The van der Waals surface area contributed by atoms with E-state index in [9.17, 15) is 9.59 Å². The lowest BCUT2D eigenvalue weighted by atomic mass is 10.0. The summed E-state index contributed by atoms with van der Waals surface area (Å²) in [6.45, 7) is 6.35. The van der Waals surface area contributed by atoms with Gasteiger partial charge in [0.15, 0.2) is 0 Å². The Balaban J connectivity index is 1.90. The Morgan fingerprint density at radius 2 is 1.69 bits per heavy atom.